The molecule has 0 bridgehead atoms. The van der Waals surface area contributed by atoms with Crippen molar-refractivity contribution in [2.24, 2.45) is 0 Å². The Kier molecular flexibility index (Phi) is 6.52. The predicted octanol–water partition coefficient (Wildman–Crippen LogP) is 5.31. The van der Waals surface area contributed by atoms with E-state index in [4.69, 9.17) is 16.3 Å². The summed E-state index contributed by atoms with van der Waals surface area (Å²) in [4.78, 5) is 24.7. The van der Waals surface area contributed by atoms with Crippen molar-refractivity contribution in [2.75, 3.05) is 10.6 Å². The Balaban J connectivity index is 1.59. The molecule has 0 aliphatic rings. The highest BCUT2D eigenvalue weighted by atomic mass is 35.5. The molecule has 3 rings (SSSR count). The molecule has 5 nitrogen and oxygen atoms in total. The van der Waals surface area contributed by atoms with Crippen molar-refractivity contribution in [3.05, 3.63) is 88.9 Å². The van der Waals surface area contributed by atoms with Gasteiger partial charge in [0.2, 0.25) is 0 Å². The fourth-order valence-electron chi connectivity index (χ4n) is 2.65. The summed E-state index contributed by atoms with van der Waals surface area (Å²) in [5.41, 5.74) is 2.72. The lowest BCUT2D eigenvalue weighted by Crippen LogP contribution is -2.30. The van der Waals surface area contributed by atoms with E-state index in [-0.39, 0.29) is 11.8 Å². The van der Waals surface area contributed by atoms with Gasteiger partial charge in [0.1, 0.15) is 5.75 Å². The van der Waals surface area contributed by atoms with E-state index in [1.54, 1.807) is 55.5 Å². The van der Waals surface area contributed by atoms with Crippen LogP contribution in [-0.2, 0) is 4.79 Å². The van der Waals surface area contributed by atoms with Crippen LogP contribution < -0.4 is 15.4 Å². The van der Waals surface area contributed by atoms with Crippen molar-refractivity contribution in [3.8, 4) is 5.75 Å². The highest BCUT2D eigenvalue weighted by molar-refractivity contribution is 6.33. The van der Waals surface area contributed by atoms with Gasteiger partial charge in [-0.15, -0.1) is 0 Å². The standard InChI is InChI=1S/C23H21ClN2O3/c1-15-7-3-5-9-20(15)25-22(27)16(2)29-18-13-11-17(12-14-18)23(28)26-21-10-6-4-8-19(21)24/h3-14,16H,1-2H3,(H,25,27)(H,26,28)/t16-/m0/s1. The first kappa shape index (κ1) is 20.4. The van der Waals surface area contributed by atoms with E-state index in [1.165, 1.54) is 0 Å². The van der Waals surface area contributed by atoms with Gasteiger partial charge in [-0.05, 0) is 61.9 Å². The SMILES string of the molecule is Cc1ccccc1NC(=O)[C@H](C)Oc1ccc(C(=O)Nc2ccccc2Cl)cc1. The molecular formula is C23H21ClN2O3. The molecule has 3 aromatic carbocycles. The Bertz CT molecular complexity index is 1020. The van der Waals surface area contributed by atoms with Gasteiger partial charge in [0.25, 0.3) is 11.8 Å². The molecule has 3 aromatic rings. The molecule has 0 unspecified atom stereocenters. The summed E-state index contributed by atoms with van der Waals surface area (Å²) in [6.07, 6.45) is -0.697. The number of rotatable bonds is 6. The van der Waals surface area contributed by atoms with Crippen LogP contribution in [0.15, 0.2) is 72.8 Å². The normalized spacial score (nSPS) is 11.4. The van der Waals surface area contributed by atoms with Crippen LogP contribution in [0, 0.1) is 6.92 Å². The first-order valence-corrected chi connectivity index (χ1v) is 9.51. The van der Waals surface area contributed by atoms with Crippen molar-refractivity contribution in [2.45, 2.75) is 20.0 Å². The number of amides is 2. The fraction of sp³-hybridized carbons (Fsp3) is 0.130. The Hall–Kier alpha value is -3.31. The van der Waals surface area contributed by atoms with Gasteiger partial charge in [-0.25, -0.2) is 0 Å². The van der Waals surface area contributed by atoms with Crippen LogP contribution in [0.3, 0.4) is 0 Å². The van der Waals surface area contributed by atoms with Crippen molar-refractivity contribution in [1.82, 2.24) is 0 Å². The molecule has 2 amide bonds. The van der Waals surface area contributed by atoms with Gasteiger partial charge < -0.3 is 15.4 Å². The van der Waals surface area contributed by atoms with Crippen LogP contribution >= 0.6 is 11.6 Å². The van der Waals surface area contributed by atoms with Crippen LogP contribution in [0.2, 0.25) is 5.02 Å². The summed E-state index contributed by atoms with van der Waals surface area (Å²) in [6.45, 7) is 3.60. The molecule has 0 aromatic heterocycles. The molecular weight excluding hydrogens is 388 g/mol. The zero-order chi connectivity index (χ0) is 20.8. The lowest BCUT2D eigenvalue weighted by Gasteiger charge is -2.16. The average Bonchev–Trinajstić information content (AvgIpc) is 2.72. The number of aryl methyl sites for hydroxylation is 1. The smallest absolute Gasteiger partial charge is 0.265 e. The topological polar surface area (TPSA) is 67.4 Å². The Labute approximate surface area is 174 Å². The lowest BCUT2D eigenvalue weighted by molar-refractivity contribution is -0.122. The maximum atomic E-state index is 12.4. The number of carbonyl (C=O) groups is 2. The van der Waals surface area contributed by atoms with E-state index < -0.39 is 6.10 Å². The highest BCUT2D eigenvalue weighted by Gasteiger charge is 2.16. The minimum Gasteiger partial charge on any atom is -0.481 e. The van der Waals surface area contributed by atoms with E-state index in [1.807, 2.05) is 31.2 Å². The summed E-state index contributed by atoms with van der Waals surface area (Å²) in [5.74, 6) is -0.0402. The van der Waals surface area contributed by atoms with Crippen molar-refractivity contribution >= 4 is 34.8 Å². The van der Waals surface area contributed by atoms with Gasteiger partial charge in [-0.1, -0.05) is 41.9 Å². The molecule has 0 fully saturated rings. The van der Waals surface area contributed by atoms with Crippen LogP contribution in [0.25, 0.3) is 0 Å². The number of benzene rings is 3. The van der Waals surface area contributed by atoms with Crippen molar-refractivity contribution in [1.29, 1.82) is 0 Å². The summed E-state index contributed by atoms with van der Waals surface area (Å²) in [5, 5.41) is 6.08. The monoisotopic (exact) mass is 408 g/mol. The number of hydrogen-bond acceptors (Lipinski definition) is 3. The largest absolute Gasteiger partial charge is 0.481 e. The van der Waals surface area contributed by atoms with Crippen LogP contribution in [-0.4, -0.2) is 17.9 Å². The summed E-state index contributed by atoms with van der Waals surface area (Å²) in [7, 11) is 0. The van der Waals surface area contributed by atoms with E-state index in [9.17, 15) is 9.59 Å². The number of ether oxygens (including phenoxy) is 1. The van der Waals surface area contributed by atoms with Gasteiger partial charge in [0, 0.05) is 11.3 Å². The molecule has 0 spiro atoms. The zero-order valence-electron chi connectivity index (χ0n) is 16.1. The van der Waals surface area contributed by atoms with Crippen LogP contribution in [0.1, 0.15) is 22.8 Å². The molecule has 0 radical (unpaired) electrons. The number of para-hydroxylation sites is 2. The average molecular weight is 409 g/mol. The highest BCUT2D eigenvalue weighted by Crippen LogP contribution is 2.22. The van der Waals surface area contributed by atoms with Gasteiger partial charge in [-0.3, -0.25) is 9.59 Å². The second-order valence-electron chi connectivity index (χ2n) is 6.52. The quantitative estimate of drug-likeness (QED) is 0.581. The molecule has 0 saturated heterocycles. The first-order valence-electron chi connectivity index (χ1n) is 9.13. The minimum absolute atomic E-state index is 0.250. The summed E-state index contributed by atoms with van der Waals surface area (Å²) in [6, 6.07) is 21.1. The minimum atomic E-state index is -0.697. The lowest BCUT2D eigenvalue weighted by atomic mass is 10.2. The molecule has 148 valence electrons. The van der Waals surface area contributed by atoms with Gasteiger partial charge in [0.05, 0.1) is 10.7 Å². The fourth-order valence-corrected chi connectivity index (χ4v) is 2.83. The Morgan fingerprint density at radius 3 is 2.14 bits per heavy atom. The van der Waals surface area contributed by atoms with E-state index in [0.29, 0.717) is 22.0 Å². The first-order chi connectivity index (χ1) is 13.9. The molecule has 0 aliphatic carbocycles. The molecule has 29 heavy (non-hydrogen) atoms. The molecule has 2 N–H and O–H groups in total. The van der Waals surface area contributed by atoms with Crippen molar-refractivity contribution in [3.63, 3.8) is 0 Å². The maximum Gasteiger partial charge on any atom is 0.265 e. The van der Waals surface area contributed by atoms with Crippen LogP contribution in [0.4, 0.5) is 11.4 Å². The number of hydrogen-bond donors (Lipinski definition) is 2. The number of carbonyl (C=O) groups excluding carboxylic acids is 2. The maximum absolute atomic E-state index is 12.4. The molecule has 0 heterocycles. The van der Waals surface area contributed by atoms with Gasteiger partial charge >= 0.3 is 0 Å². The third kappa shape index (κ3) is 5.36. The number of halogens is 1. The molecule has 0 aliphatic heterocycles. The van der Waals surface area contributed by atoms with Gasteiger partial charge in [-0.2, -0.15) is 0 Å². The number of anilines is 2. The third-order valence-electron chi connectivity index (χ3n) is 4.32. The summed E-state index contributed by atoms with van der Waals surface area (Å²) >= 11 is 6.06. The second kappa shape index (κ2) is 9.26. The van der Waals surface area contributed by atoms with Gasteiger partial charge in [0.15, 0.2) is 6.10 Å². The van der Waals surface area contributed by atoms with E-state index in [0.717, 1.165) is 11.3 Å². The second-order valence-corrected chi connectivity index (χ2v) is 6.93. The number of nitrogens with one attached hydrogen (secondary N) is 2. The molecule has 0 saturated carbocycles. The van der Waals surface area contributed by atoms with Crippen LogP contribution in [0.5, 0.6) is 5.75 Å². The zero-order valence-corrected chi connectivity index (χ0v) is 16.9. The van der Waals surface area contributed by atoms with E-state index >= 15 is 0 Å². The van der Waals surface area contributed by atoms with Crippen molar-refractivity contribution < 1.29 is 14.3 Å². The predicted molar refractivity (Wildman–Crippen MR) is 116 cm³/mol. The Morgan fingerprint density at radius 1 is 0.862 bits per heavy atom. The third-order valence-corrected chi connectivity index (χ3v) is 4.65. The summed E-state index contributed by atoms with van der Waals surface area (Å²) < 4.78 is 5.70. The Morgan fingerprint density at radius 2 is 1.48 bits per heavy atom. The molecule has 1 atom stereocenters. The molecule has 6 heteroatoms. The van der Waals surface area contributed by atoms with E-state index in [2.05, 4.69) is 10.6 Å².